The van der Waals surface area contributed by atoms with E-state index in [1.807, 2.05) is 30.3 Å². The molecule has 0 radical (unpaired) electrons. The molecule has 0 bridgehead atoms. The molecule has 3 aromatic rings. The van der Waals surface area contributed by atoms with Crippen LogP contribution in [0.4, 0.5) is 4.39 Å². The quantitative estimate of drug-likeness (QED) is 0.801. The molecule has 2 aromatic carbocycles. The Kier molecular flexibility index (Phi) is 3.23. The van der Waals surface area contributed by atoms with Gasteiger partial charge in [-0.3, -0.25) is 0 Å². The average molecular weight is 282 g/mol. The van der Waals surface area contributed by atoms with Gasteiger partial charge < -0.3 is 5.11 Å². The molecule has 4 nitrogen and oxygen atoms in total. The molecule has 3 rings (SSSR count). The van der Waals surface area contributed by atoms with E-state index in [0.717, 1.165) is 17.2 Å². The molecule has 5 heteroatoms. The maximum Gasteiger partial charge on any atom is 0.338 e. The van der Waals surface area contributed by atoms with Crippen LogP contribution in [0.2, 0.25) is 0 Å². The van der Waals surface area contributed by atoms with Gasteiger partial charge in [0.05, 0.1) is 17.4 Å². The van der Waals surface area contributed by atoms with Crippen molar-refractivity contribution in [1.82, 2.24) is 9.78 Å². The molecule has 0 spiro atoms. The lowest BCUT2D eigenvalue weighted by Crippen LogP contribution is -2.06. The third-order valence-corrected chi connectivity index (χ3v) is 3.13. The van der Waals surface area contributed by atoms with Crippen LogP contribution in [0.25, 0.3) is 16.8 Å². The second-order valence-corrected chi connectivity index (χ2v) is 4.51. The molecule has 0 saturated carbocycles. The Bertz CT molecular complexity index is 797. The molecule has 0 unspecified atom stereocenters. The molecule has 0 aliphatic carbocycles. The molecule has 21 heavy (non-hydrogen) atoms. The fraction of sp³-hybridized carbons (Fsp3) is 0. The number of benzene rings is 2. The first-order valence-electron chi connectivity index (χ1n) is 6.28. The molecular formula is C16H11FN2O2. The van der Waals surface area contributed by atoms with Crippen LogP contribution in [-0.2, 0) is 0 Å². The van der Waals surface area contributed by atoms with Gasteiger partial charge in [0, 0.05) is 11.8 Å². The first-order chi connectivity index (χ1) is 10.1. The Labute approximate surface area is 120 Å². The van der Waals surface area contributed by atoms with Crippen LogP contribution < -0.4 is 0 Å². The summed E-state index contributed by atoms with van der Waals surface area (Å²) in [6.45, 7) is 0. The van der Waals surface area contributed by atoms with Crippen molar-refractivity contribution in [3.05, 3.63) is 72.3 Å². The predicted molar refractivity (Wildman–Crippen MR) is 75.9 cm³/mol. The highest BCUT2D eigenvalue weighted by molar-refractivity contribution is 5.92. The molecule has 0 fully saturated rings. The van der Waals surface area contributed by atoms with E-state index >= 15 is 0 Å². The van der Waals surface area contributed by atoms with Gasteiger partial charge in [-0.25, -0.2) is 13.9 Å². The second-order valence-electron chi connectivity index (χ2n) is 4.51. The van der Waals surface area contributed by atoms with Gasteiger partial charge in [-0.15, -0.1) is 0 Å². The molecule has 0 amide bonds. The minimum absolute atomic E-state index is 0.127. The third-order valence-electron chi connectivity index (χ3n) is 3.13. The zero-order valence-corrected chi connectivity index (χ0v) is 10.9. The van der Waals surface area contributed by atoms with Crippen LogP contribution in [0.15, 0.2) is 60.9 Å². The van der Waals surface area contributed by atoms with Gasteiger partial charge in [0.2, 0.25) is 0 Å². The number of rotatable bonds is 3. The highest BCUT2D eigenvalue weighted by Crippen LogP contribution is 2.21. The van der Waals surface area contributed by atoms with Gasteiger partial charge in [0.25, 0.3) is 0 Å². The van der Waals surface area contributed by atoms with Crippen LogP contribution in [0.3, 0.4) is 0 Å². The largest absolute Gasteiger partial charge is 0.478 e. The molecule has 0 aliphatic rings. The maximum atomic E-state index is 13.2. The van der Waals surface area contributed by atoms with E-state index in [9.17, 15) is 9.18 Å². The summed E-state index contributed by atoms with van der Waals surface area (Å²) in [4.78, 5) is 11.2. The van der Waals surface area contributed by atoms with E-state index in [0.29, 0.717) is 5.69 Å². The van der Waals surface area contributed by atoms with E-state index in [-0.39, 0.29) is 5.56 Å². The minimum Gasteiger partial charge on any atom is -0.478 e. The highest BCUT2D eigenvalue weighted by atomic mass is 19.1. The summed E-state index contributed by atoms with van der Waals surface area (Å²) in [6, 6.07) is 13.2. The van der Waals surface area contributed by atoms with Gasteiger partial charge >= 0.3 is 5.97 Å². The van der Waals surface area contributed by atoms with Gasteiger partial charge in [0.15, 0.2) is 0 Å². The number of nitrogens with zero attached hydrogens (tertiary/aromatic N) is 2. The smallest absolute Gasteiger partial charge is 0.338 e. The van der Waals surface area contributed by atoms with Crippen LogP contribution in [0, 0.1) is 5.82 Å². The van der Waals surface area contributed by atoms with Gasteiger partial charge in [-0.2, -0.15) is 5.10 Å². The lowest BCUT2D eigenvalue weighted by Gasteiger charge is -2.05. The van der Waals surface area contributed by atoms with Crippen LogP contribution >= 0.6 is 0 Å². The Morgan fingerprint density at radius 2 is 1.86 bits per heavy atom. The molecular weight excluding hydrogens is 271 g/mol. The highest BCUT2D eigenvalue weighted by Gasteiger charge is 2.14. The number of hydrogen-bond acceptors (Lipinski definition) is 2. The second kappa shape index (κ2) is 5.20. The van der Waals surface area contributed by atoms with Crippen molar-refractivity contribution in [2.75, 3.05) is 0 Å². The number of carboxylic acids is 1. The molecule has 0 saturated heterocycles. The van der Waals surface area contributed by atoms with Crippen molar-refractivity contribution in [3.8, 4) is 16.8 Å². The van der Waals surface area contributed by atoms with Crippen molar-refractivity contribution in [3.63, 3.8) is 0 Å². The topological polar surface area (TPSA) is 55.1 Å². The number of aromatic carboxylic acids is 1. The molecule has 1 aromatic heterocycles. The molecule has 104 valence electrons. The zero-order valence-electron chi connectivity index (χ0n) is 10.9. The summed E-state index contributed by atoms with van der Waals surface area (Å²) in [5, 5.41) is 13.3. The van der Waals surface area contributed by atoms with Crippen molar-refractivity contribution >= 4 is 5.97 Å². The maximum absolute atomic E-state index is 13.2. The molecule has 0 aliphatic heterocycles. The number of halogens is 1. The predicted octanol–water partition coefficient (Wildman–Crippen LogP) is 3.38. The Morgan fingerprint density at radius 3 is 2.57 bits per heavy atom. The van der Waals surface area contributed by atoms with E-state index in [4.69, 9.17) is 5.11 Å². The van der Waals surface area contributed by atoms with Crippen molar-refractivity contribution < 1.29 is 14.3 Å². The van der Waals surface area contributed by atoms with Gasteiger partial charge in [-0.05, 0) is 23.8 Å². The van der Waals surface area contributed by atoms with Crippen LogP contribution in [0.5, 0.6) is 0 Å². The number of hydrogen-bond donors (Lipinski definition) is 1. The van der Waals surface area contributed by atoms with E-state index in [2.05, 4.69) is 5.10 Å². The van der Waals surface area contributed by atoms with E-state index in [1.165, 1.54) is 16.8 Å². The monoisotopic (exact) mass is 282 g/mol. The normalized spacial score (nSPS) is 10.5. The van der Waals surface area contributed by atoms with E-state index < -0.39 is 11.8 Å². The number of carbonyl (C=O) groups is 1. The van der Waals surface area contributed by atoms with Crippen molar-refractivity contribution in [2.45, 2.75) is 0 Å². The summed E-state index contributed by atoms with van der Waals surface area (Å²) in [6.07, 6.45) is 3.36. The van der Waals surface area contributed by atoms with Gasteiger partial charge in [0.1, 0.15) is 5.82 Å². The average Bonchev–Trinajstić information content (AvgIpc) is 2.97. The molecule has 1 N–H and O–H groups in total. The SMILES string of the molecule is O=C(O)c1cc(F)ccc1-n1cc(-c2ccccc2)cn1. The Morgan fingerprint density at radius 1 is 1.10 bits per heavy atom. The fourth-order valence-corrected chi connectivity index (χ4v) is 2.11. The standard InChI is InChI=1S/C16H11FN2O2/c17-13-6-7-15(14(8-13)16(20)21)19-10-12(9-18-19)11-4-2-1-3-5-11/h1-10H,(H,20,21). The molecule has 0 atom stereocenters. The zero-order chi connectivity index (χ0) is 14.8. The fourth-order valence-electron chi connectivity index (χ4n) is 2.11. The number of aromatic nitrogens is 2. The lowest BCUT2D eigenvalue weighted by molar-refractivity contribution is 0.0696. The first-order valence-corrected chi connectivity index (χ1v) is 6.28. The summed E-state index contributed by atoms with van der Waals surface area (Å²) >= 11 is 0. The first kappa shape index (κ1) is 13.1. The van der Waals surface area contributed by atoms with E-state index in [1.54, 1.807) is 12.4 Å². The summed E-state index contributed by atoms with van der Waals surface area (Å²) in [5.41, 5.74) is 2.03. The summed E-state index contributed by atoms with van der Waals surface area (Å²) in [7, 11) is 0. The Balaban J connectivity index is 2.07. The van der Waals surface area contributed by atoms with Crippen molar-refractivity contribution in [2.24, 2.45) is 0 Å². The lowest BCUT2D eigenvalue weighted by atomic mass is 10.1. The minimum atomic E-state index is -1.19. The Hall–Kier alpha value is -2.95. The van der Waals surface area contributed by atoms with Crippen LogP contribution in [0.1, 0.15) is 10.4 Å². The number of carboxylic acid groups (broad SMARTS) is 1. The van der Waals surface area contributed by atoms with Gasteiger partial charge in [-0.1, -0.05) is 30.3 Å². The van der Waals surface area contributed by atoms with Crippen molar-refractivity contribution in [1.29, 1.82) is 0 Å². The summed E-state index contributed by atoms with van der Waals surface area (Å²) < 4.78 is 14.6. The third kappa shape index (κ3) is 2.53. The molecule has 1 heterocycles. The van der Waals surface area contributed by atoms with Crippen LogP contribution in [-0.4, -0.2) is 20.9 Å². The summed E-state index contributed by atoms with van der Waals surface area (Å²) in [5.74, 6) is -1.78.